The van der Waals surface area contributed by atoms with Gasteiger partial charge in [-0.1, -0.05) is 11.6 Å². The molecule has 0 unspecified atom stereocenters. The van der Waals surface area contributed by atoms with Crippen molar-refractivity contribution in [1.29, 1.82) is 0 Å². The molecular weight excluding hydrogens is 273 g/mol. The van der Waals surface area contributed by atoms with Gasteiger partial charge >= 0.3 is 5.82 Å². The van der Waals surface area contributed by atoms with E-state index < -0.39 is 10.7 Å². The molecule has 12 heavy (non-hydrogen) atoms. The van der Waals surface area contributed by atoms with E-state index in [1.165, 1.54) is 0 Å². The summed E-state index contributed by atoms with van der Waals surface area (Å²) in [6.45, 7) is 0. The Morgan fingerprint density at radius 1 is 1.33 bits per heavy atom. The second-order valence-corrected chi connectivity index (χ2v) is 3.14. The van der Waals surface area contributed by atoms with Gasteiger partial charge in [0, 0.05) is 0 Å². The van der Waals surface area contributed by atoms with E-state index in [-0.39, 0.29) is 14.9 Å². The summed E-state index contributed by atoms with van der Waals surface area (Å²) in [4.78, 5) is 16.5. The smallest absolute Gasteiger partial charge is 0.358 e. The molecule has 0 bridgehead atoms. The quantitative estimate of drug-likeness (QED) is 0.582. The fraction of sp³-hybridized carbons (Fsp3) is 0. The maximum absolute atomic E-state index is 10.3. The first-order valence-electron chi connectivity index (χ1n) is 2.55. The molecule has 5 nitrogen and oxygen atoms in total. The van der Waals surface area contributed by atoms with Crippen LogP contribution in [0.1, 0.15) is 0 Å². The maximum Gasteiger partial charge on any atom is 0.398 e. The Kier molecular flexibility index (Phi) is 2.81. The van der Waals surface area contributed by atoms with Crippen molar-refractivity contribution in [2.24, 2.45) is 0 Å². The van der Waals surface area contributed by atoms with Crippen molar-refractivity contribution in [1.82, 2.24) is 9.97 Å². The van der Waals surface area contributed by atoms with Gasteiger partial charge in [0.15, 0.2) is 5.15 Å². The largest absolute Gasteiger partial charge is 0.398 e. The van der Waals surface area contributed by atoms with Gasteiger partial charge in [0.1, 0.15) is 0 Å². The summed E-state index contributed by atoms with van der Waals surface area (Å²) in [5.41, 5.74) is 0. The molecule has 0 aromatic carbocycles. The summed E-state index contributed by atoms with van der Waals surface area (Å²) in [5, 5.41) is 9.99. The molecule has 0 aliphatic carbocycles. The Hall–Kier alpha value is -0.460. The van der Waals surface area contributed by atoms with Crippen LogP contribution < -0.4 is 0 Å². The third kappa shape index (κ3) is 1.82. The highest BCUT2D eigenvalue weighted by Gasteiger charge is 2.19. The van der Waals surface area contributed by atoms with Gasteiger partial charge in [-0.05, 0) is 37.4 Å². The lowest BCUT2D eigenvalue weighted by Crippen LogP contribution is -1.96. The van der Waals surface area contributed by atoms with E-state index in [1.54, 1.807) is 0 Å². The van der Waals surface area contributed by atoms with E-state index in [2.05, 4.69) is 25.9 Å². The van der Waals surface area contributed by atoms with Crippen LogP contribution in [0, 0.1) is 10.1 Å². The number of nitrogens with zero attached hydrogens (tertiary/aromatic N) is 3. The molecule has 1 aromatic rings. The Morgan fingerprint density at radius 3 is 2.33 bits per heavy atom. The molecule has 0 spiro atoms. The van der Waals surface area contributed by atoms with Crippen LogP contribution in [0.15, 0.2) is 4.60 Å². The lowest BCUT2D eigenvalue weighted by Gasteiger charge is -1.94. The molecule has 0 saturated carbocycles. The van der Waals surface area contributed by atoms with Crippen molar-refractivity contribution in [3.05, 3.63) is 25.0 Å². The van der Waals surface area contributed by atoms with Crippen LogP contribution in [0.25, 0.3) is 0 Å². The summed E-state index contributed by atoms with van der Waals surface area (Å²) in [6, 6.07) is 0. The van der Waals surface area contributed by atoms with Crippen molar-refractivity contribution in [3.8, 4) is 0 Å². The number of nitro groups is 1. The summed E-state index contributed by atoms with van der Waals surface area (Å²) in [6.07, 6.45) is 0. The average Bonchev–Trinajstić information content (AvgIpc) is 1.96. The molecule has 0 aliphatic rings. The average molecular weight is 273 g/mol. The fourth-order valence-electron chi connectivity index (χ4n) is 0.484. The van der Waals surface area contributed by atoms with E-state index in [9.17, 15) is 10.1 Å². The first kappa shape index (κ1) is 9.63. The zero-order chi connectivity index (χ0) is 9.30. The topological polar surface area (TPSA) is 68.9 Å². The van der Waals surface area contributed by atoms with Crippen LogP contribution in [-0.2, 0) is 0 Å². The molecule has 1 heterocycles. The highest BCUT2D eigenvalue weighted by atomic mass is 79.9. The number of rotatable bonds is 1. The summed E-state index contributed by atoms with van der Waals surface area (Å²) in [7, 11) is 0. The third-order valence-corrected chi connectivity index (χ3v) is 2.08. The first-order chi connectivity index (χ1) is 5.52. The van der Waals surface area contributed by atoms with Crippen molar-refractivity contribution in [3.63, 3.8) is 0 Å². The predicted molar refractivity (Wildman–Crippen MR) is 46.4 cm³/mol. The molecule has 0 fully saturated rings. The molecule has 8 heteroatoms. The lowest BCUT2D eigenvalue weighted by atomic mass is 10.7. The van der Waals surface area contributed by atoms with Crippen molar-refractivity contribution >= 4 is 44.9 Å². The van der Waals surface area contributed by atoms with Gasteiger partial charge in [0.2, 0.25) is 4.60 Å². The summed E-state index contributed by atoms with van der Waals surface area (Å²) >= 11 is 13.7. The number of hydrogen-bond donors (Lipinski definition) is 0. The van der Waals surface area contributed by atoms with Crippen LogP contribution in [0.3, 0.4) is 0 Å². The number of aromatic nitrogens is 2. The van der Waals surface area contributed by atoms with Gasteiger partial charge in [-0.15, -0.1) is 0 Å². The van der Waals surface area contributed by atoms with Gasteiger partial charge in [-0.25, -0.2) is 4.98 Å². The van der Waals surface area contributed by atoms with Crippen molar-refractivity contribution in [2.75, 3.05) is 0 Å². The van der Waals surface area contributed by atoms with Gasteiger partial charge in [0.05, 0.1) is 0 Å². The third-order valence-electron chi connectivity index (χ3n) is 0.928. The van der Waals surface area contributed by atoms with Gasteiger partial charge in [-0.3, -0.25) is 0 Å². The Bertz CT molecular complexity index is 345. The zero-order valence-corrected chi connectivity index (χ0v) is 8.39. The monoisotopic (exact) mass is 271 g/mol. The predicted octanol–water partition coefficient (Wildman–Crippen LogP) is 2.45. The minimum Gasteiger partial charge on any atom is -0.358 e. The Morgan fingerprint density at radius 2 is 1.83 bits per heavy atom. The summed E-state index contributed by atoms with van der Waals surface area (Å²) < 4.78 is -0.0399. The second-order valence-electron chi connectivity index (χ2n) is 1.68. The standard InChI is InChI=1S/C4BrCl2N3O2/c5-1-4(10(11)12)9-3(7)2(6)8-1. The fourth-order valence-corrected chi connectivity index (χ4v) is 1.25. The number of halogens is 3. The molecule has 64 valence electrons. The minimum absolute atomic E-state index is 0.0399. The van der Waals surface area contributed by atoms with Gasteiger partial charge < -0.3 is 10.1 Å². The summed E-state index contributed by atoms with van der Waals surface area (Å²) in [5.74, 6) is -0.454. The zero-order valence-electron chi connectivity index (χ0n) is 5.29. The van der Waals surface area contributed by atoms with Crippen molar-refractivity contribution < 1.29 is 4.92 Å². The van der Waals surface area contributed by atoms with E-state index >= 15 is 0 Å². The highest BCUT2D eigenvalue weighted by Crippen LogP contribution is 2.26. The van der Waals surface area contributed by atoms with E-state index in [1.807, 2.05) is 0 Å². The van der Waals surface area contributed by atoms with Crippen molar-refractivity contribution in [2.45, 2.75) is 0 Å². The van der Waals surface area contributed by atoms with Crippen LogP contribution in [0.2, 0.25) is 10.3 Å². The minimum atomic E-state index is -0.709. The van der Waals surface area contributed by atoms with E-state index in [4.69, 9.17) is 23.2 Å². The number of hydrogen-bond acceptors (Lipinski definition) is 4. The van der Waals surface area contributed by atoms with Crippen LogP contribution in [0.5, 0.6) is 0 Å². The molecule has 0 amide bonds. The Balaban J connectivity index is 3.33. The first-order valence-corrected chi connectivity index (χ1v) is 4.10. The van der Waals surface area contributed by atoms with Gasteiger partial charge in [-0.2, -0.15) is 0 Å². The molecule has 0 radical (unpaired) electrons. The van der Waals surface area contributed by atoms with Gasteiger partial charge in [0.25, 0.3) is 5.15 Å². The van der Waals surface area contributed by atoms with E-state index in [0.29, 0.717) is 0 Å². The molecule has 0 aliphatic heterocycles. The second kappa shape index (κ2) is 3.51. The Labute approximate surface area is 85.0 Å². The molecule has 0 saturated heterocycles. The SMILES string of the molecule is O=[N+]([O-])c1nc(Cl)c(Cl)nc1Br. The normalized spacial score (nSPS) is 9.92. The van der Waals surface area contributed by atoms with Crippen LogP contribution in [0.4, 0.5) is 5.82 Å². The maximum atomic E-state index is 10.3. The molecular formula is C4BrCl2N3O2. The molecule has 0 N–H and O–H groups in total. The van der Waals surface area contributed by atoms with Crippen LogP contribution >= 0.6 is 39.1 Å². The van der Waals surface area contributed by atoms with Crippen LogP contribution in [-0.4, -0.2) is 14.9 Å². The highest BCUT2D eigenvalue weighted by molar-refractivity contribution is 9.10. The molecule has 1 rings (SSSR count). The lowest BCUT2D eigenvalue weighted by molar-refractivity contribution is -0.390. The van der Waals surface area contributed by atoms with E-state index in [0.717, 1.165) is 0 Å². The molecule has 0 atom stereocenters. The molecule has 1 aromatic heterocycles.